The Morgan fingerprint density at radius 1 is 1.13 bits per heavy atom. The molecule has 0 saturated carbocycles. The first-order valence-electron chi connectivity index (χ1n) is 7.78. The molecule has 23 heavy (non-hydrogen) atoms. The van der Waals surface area contributed by atoms with Crippen molar-refractivity contribution >= 4 is 23.0 Å². The molecule has 3 nitrogen and oxygen atoms in total. The van der Waals surface area contributed by atoms with Crippen molar-refractivity contribution in [2.75, 3.05) is 18.4 Å². The van der Waals surface area contributed by atoms with E-state index in [1.807, 2.05) is 6.07 Å². The van der Waals surface area contributed by atoms with Crippen molar-refractivity contribution in [1.29, 1.82) is 0 Å². The van der Waals surface area contributed by atoms with Crippen LogP contribution in [0.1, 0.15) is 12.0 Å². The van der Waals surface area contributed by atoms with E-state index in [2.05, 4.69) is 39.8 Å². The highest BCUT2D eigenvalue weighted by Crippen LogP contribution is 2.14. The van der Waals surface area contributed by atoms with Gasteiger partial charge in [0.05, 0.1) is 0 Å². The molecule has 120 valence electrons. The molecular formula is C18H20FN3S. The van der Waals surface area contributed by atoms with Gasteiger partial charge >= 0.3 is 0 Å². The fraction of sp³-hybridized carbons (Fsp3) is 0.278. The molecule has 0 spiro atoms. The summed E-state index contributed by atoms with van der Waals surface area (Å²) in [5.74, 6) is -0.248. The molecule has 0 aromatic heterocycles. The molecule has 0 amide bonds. The van der Waals surface area contributed by atoms with Crippen molar-refractivity contribution in [3.8, 4) is 0 Å². The Morgan fingerprint density at radius 3 is 2.61 bits per heavy atom. The Labute approximate surface area is 141 Å². The van der Waals surface area contributed by atoms with Crippen LogP contribution in [0, 0.1) is 5.82 Å². The lowest BCUT2D eigenvalue weighted by molar-refractivity contribution is 0.324. The summed E-state index contributed by atoms with van der Waals surface area (Å²) in [4.78, 5) is 2.42. The lowest BCUT2D eigenvalue weighted by Crippen LogP contribution is -2.39. The molecule has 1 aliphatic rings. The third-order valence-corrected chi connectivity index (χ3v) is 4.18. The Kier molecular flexibility index (Phi) is 5.20. The Hall–Kier alpha value is -1.98. The number of likely N-dealkylation sites (tertiary alicyclic amines) is 1. The van der Waals surface area contributed by atoms with Crippen LogP contribution in [0.15, 0.2) is 54.6 Å². The second kappa shape index (κ2) is 7.53. The van der Waals surface area contributed by atoms with E-state index in [-0.39, 0.29) is 5.82 Å². The zero-order valence-corrected chi connectivity index (χ0v) is 13.7. The first-order chi connectivity index (χ1) is 11.2. The molecule has 1 fully saturated rings. The van der Waals surface area contributed by atoms with Crippen molar-refractivity contribution in [3.05, 3.63) is 66.0 Å². The molecule has 1 heterocycles. The van der Waals surface area contributed by atoms with Crippen LogP contribution in [-0.4, -0.2) is 29.1 Å². The van der Waals surface area contributed by atoms with Gasteiger partial charge in [0, 0.05) is 31.4 Å². The maximum absolute atomic E-state index is 12.9. The maximum atomic E-state index is 12.9. The Balaban J connectivity index is 1.46. The highest BCUT2D eigenvalue weighted by Gasteiger charge is 2.22. The van der Waals surface area contributed by atoms with E-state index in [1.165, 1.54) is 17.7 Å². The normalized spacial score (nSPS) is 17.9. The van der Waals surface area contributed by atoms with Crippen molar-refractivity contribution in [3.63, 3.8) is 0 Å². The minimum absolute atomic E-state index is 0.248. The minimum atomic E-state index is -0.248. The molecular weight excluding hydrogens is 309 g/mol. The third kappa shape index (κ3) is 4.74. The minimum Gasteiger partial charge on any atom is -0.358 e. The van der Waals surface area contributed by atoms with Gasteiger partial charge in [0.15, 0.2) is 5.11 Å². The lowest BCUT2D eigenvalue weighted by atomic mass is 10.2. The van der Waals surface area contributed by atoms with Gasteiger partial charge in [-0.25, -0.2) is 4.39 Å². The van der Waals surface area contributed by atoms with E-state index >= 15 is 0 Å². The van der Waals surface area contributed by atoms with Crippen LogP contribution in [0.4, 0.5) is 10.1 Å². The monoisotopic (exact) mass is 329 g/mol. The van der Waals surface area contributed by atoms with Crippen LogP contribution in [0.5, 0.6) is 0 Å². The number of rotatable bonds is 4. The first kappa shape index (κ1) is 15.9. The van der Waals surface area contributed by atoms with Gasteiger partial charge in [-0.2, -0.15) is 0 Å². The largest absolute Gasteiger partial charge is 0.358 e. The number of halogens is 1. The van der Waals surface area contributed by atoms with Gasteiger partial charge in [0.25, 0.3) is 0 Å². The van der Waals surface area contributed by atoms with Gasteiger partial charge in [0.2, 0.25) is 0 Å². The van der Waals surface area contributed by atoms with Gasteiger partial charge < -0.3 is 10.6 Å². The van der Waals surface area contributed by atoms with E-state index in [0.717, 1.165) is 31.7 Å². The van der Waals surface area contributed by atoms with Crippen LogP contribution < -0.4 is 10.6 Å². The average Bonchev–Trinajstić information content (AvgIpc) is 2.97. The van der Waals surface area contributed by atoms with Crippen LogP contribution in [-0.2, 0) is 6.54 Å². The zero-order valence-electron chi connectivity index (χ0n) is 12.8. The second-order valence-corrected chi connectivity index (χ2v) is 6.22. The predicted molar refractivity (Wildman–Crippen MR) is 95.9 cm³/mol. The number of nitrogens with zero attached hydrogens (tertiary/aromatic N) is 1. The topological polar surface area (TPSA) is 27.3 Å². The van der Waals surface area contributed by atoms with Gasteiger partial charge in [-0.3, -0.25) is 4.90 Å². The average molecular weight is 329 g/mol. The maximum Gasteiger partial charge on any atom is 0.171 e. The van der Waals surface area contributed by atoms with Crippen LogP contribution >= 0.6 is 12.2 Å². The molecule has 3 rings (SSSR count). The molecule has 2 aromatic carbocycles. The van der Waals surface area contributed by atoms with Crippen LogP contribution in [0.2, 0.25) is 0 Å². The molecule has 1 aliphatic heterocycles. The standard InChI is InChI=1S/C18H20FN3S/c19-15-6-8-16(9-7-15)20-18(23)21-17-10-11-22(13-17)12-14-4-2-1-3-5-14/h1-9,17H,10-13H2,(H2,20,21,23)/t17-/m1/s1. The fourth-order valence-corrected chi connectivity index (χ4v) is 3.11. The van der Waals surface area contributed by atoms with Crippen molar-refractivity contribution < 1.29 is 4.39 Å². The quantitative estimate of drug-likeness (QED) is 0.841. The van der Waals surface area contributed by atoms with Crippen molar-refractivity contribution in [2.24, 2.45) is 0 Å². The summed E-state index contributed by atoms with van der Waals surface area (Å²) >= 11 is 5.34. The first-order valence-corrected chi connectivity index (χ1v) is 8.19. The van der Waals surface area contributed by atoms with E-state index < -0.39 is 0 Å². The van der Waals surface area contributed by atoms with E-state index in [9.17, 15) is 4.39 Å². The van der Waals surface area contributed by atoms with Gasteiger partial charge in [0.1, 0.15) is 5.82 Å². The predicted octanol–water partition coefficient (Wildman–Crippen LogP) is 3.39. The molecule has 5 heteroatoms. The summed E-state index contributed by atoms with van der Waals surface area (Å²) in [5, 5.41) is 7.02. The van der Waals surface area contributed by atoms with Gasteiger partial charge in [-0.15, -0.1) is 0 Å². The molecule has 1 saturated heterocycles. The number of nitrogens with one attached hydrogen (secondary N) is 2. The summed E-state index contributed by atoms with van der Waals surface area (Å²) in [6, 6.07) is 17.0. The molecule has 0 unspecified atom stereocenters. The van der Waals surface area contributed by atoms with Gasteiger partial charge in [-0.05, 0) is 48.5 Å². The number of anilines is 1. The highest BCUT2D eigenvalue weighted by molar-refractivity contribution is 7.80. The molecule has 1 atom stereocenters. The smallest absolute Gasteiger partial charge is 0.171 e. The van der Waals surface area contributed by atoms with Crippen molar-refractivity contribution in [2.45, 2.75) is 19.0 Å². The van der Waals surface area contributed by atoms with E-state index in [0.29, 0.717) is 11.2 Å². The molecule has 0 bridgehead atoms. The second-order valence-electron chi connectivity index (χ2n) is 5.81. The summed E-state index contributed by atoms with van der Waals surface area (Å²) in [6.45, 7) is 3.00. The Morgan fingerprint density at radius 2 is 1.87 bits per heavy atom. The van der Waals surface area contributed by atoms with Crippen LogP contribution in [0.25, 0.3) is 0 Å². The van der Waals surface area contributed by atoms with Crippen LogP contribution in [0.3, 0.4) is 0 Å². The lowest BCUT2D eigenvalue weighted by Gasteiger charge is -2.18. The summed E-state index contributed by atoms with van der Waals surface area (Å²) < 4.78 is 12.9. The third-order valence-electron chi connectivity index (χ3n) is 3.96. The summed E-state index contributed by atoms with van der Waals surface area (Å²) in [6.07, 6.45) is 1.07. The number of hydrogen-bond acceptors (Lipinski definition) is 2. The number of benzene rings is 2. The fourth-order valence-electron chi connectivity index (χ4n) is 2.82. The summed E-state index contributed by atoms with van der Waals surface area (Å²) in [7, 11) is 0. The summed E-state index contributed by atoms with van der Waals surface area (Å²) in [5.41, 5.74) is 2.13. The van der Waals surface area contributed by atoms with Crippen molar-refractivity contribution in [1.82, 2.24) is 10.2 Å². The van der Waals surface area contributed by atoms with E-state index in [4.69, 9.17) is 12.2 Å². The Bertz CT molecular complexity index is 645. The molecule has 0 radical (unpaired) electrons. The van der Waals surface area contributed by atoms with E-state index in [1.54, 1.807) is 12.1 Å². The molecule has 2 N–H and O–H groups in total. The SMILES string of the molecule is Fc1ccc(NC(=S)N[C@@H]2CCN(Cc3ccccc3)C2)cc1. The highest BCUT2D eigenvalue weighted by atomic mass is 32.1. The molecule has 0 aliphatic carbocycles. The van der Waals surface area contributed by atoms with Gasteiger partial charge in [-0.1, -0.05) is 30.3 Å². The zero-order chi connectivity index (χ0) is 16.1. The number of thiocarbonyl (C=S) groups is 1. The molecule has 2 aromatic rings. The number of hydrogen-bond donors (Lipinski definition) is 2.